The molecule has 0 unspecified atom stereocenters. The summed E-state index contributed by atoms with van der Waals surface area (Å²) in [5.74, 6) is -1.30. The molecule has 32 heavy (non-hydrogen) atoms. The van der Waals surface area contributed by atoms with Crippen molar-refractivity contribution < 1.29 is 19.1 Å². The first-order chi connectivity index (χ1) is 15.5. The second kappa shape index (κ2) is 10.7. The number of hydrogen-bond acceptors (Lipinski definition) is 6. The Balaban J connectivity index is 2.22. The van der Waals surface area contributed by atoms with Crippen LogP contribution in [0.1, 0.15) is 46.2 Å². The lowest BCUT2D eigenvalue weighted by molar-refractivity contribution is 0.0549. The molecule has 0 amide bonds. The lowest BCUT2D eigenvalue weighted by atomic mass is 9.99. The molecule has 1 aromatic heterocycles. The Bertz CT molecular complexity index is 1080. The van der Waals surface area contributed by atoms with Crippen LogP contribution in [0.5, 0.6) is 0 Å². The maximum atomic E-state index is 12.9. The largest absolute Gasteiger partial charge is 0.465 e. The van der Waals surface area contributed by atoms with Crippen molar-refractivity contribution in [2.24, 2.45) is 0 Å². The monoisotopic (exact) mass is 435 g/mol. The summed E-state index contributed by atoms with van der Waals surface area (Å²) in [5, 5.41) is 4.72. The third kappa shape index (κ3) is 4.89. The molecule has 0 aliphatic rings. The molecule has 0 aliphatic carbocycles. The Morgan fingerprint density at radius 3 is 2.28 bits per heavy atom. The summed E-state index contributed by atoms with van der Waals surface area (Å²) in [6, 6.07) is 17.0. The molecule has 7 nitrogen and oxygen atoms in total. The van der Waals surface area contributed by atoms with Gasteiger partial charge in [-0.3, -0.25) is 0 Å². The highest BCUT2D eigenvalue weighted by atomic mass is 16.5. The fraction of sp³-hybridized carbons (Fsp3) is 0.320. The molecule has 0 fully saturated rings. The number of hydrogen-bond donors (Lipinski definition) is 0. The Kier molecular flexibility index (Phi) is 7.78. The van der Waals surface area contributed by atoms with Gasteiger partial charge >= 0.3 is 11.9 Å². The highest BCUT2D eigenvalue weighted by molar-refractivity contribution is 6.07. The summed E-state index contributed by atoms with van der Waals surface area (Å²) in [6.07, 6.45) is 2.21. The first-order valence-electron chi connectivity index (χ1n) is 10.6. The lowest BCUT2D eigenvalue weighted by Gasteiger charge is -2.18. The third-order valence-corrected chi connectivity index (χ3v) is 5.26. The summed E-state index contributed by atoms with van der Waals surface area (Å²) in [4.78, 5) is 27.9. The molecule has 0 bridgehead atoms. The maximum Gasteiger partial charge on any atom is 0.357 e. The Morgan fingerprint density at radius 1 is 0.969 bits per heavy atom. The van der Waals surface area contributed by atoms with E-state index in [0.717, 1.165) is 30.5 Å². The summed E-state index contributed by atoms with van der Waals surface area (Å²) < 4.78 is 11.5. The van der Waals surface area contributed by atoms with E-state index in [-0.39, 0.29) is 11.3 Å². The van der Waals surface area contributed by atoms with Gasteiger partial charge in [0.25, 0.3) is 0 Å². The first-order valence-corrected chi connectivity index (χ1v) is 10.6. The molecule has 1 heterocycles. The fourth-order valence-electron chi connectivity index (χ4n) is 3.63. The Labute approximate surface area is 188 Å². The molecule has 0 radical (unpaired) electrons. The van der Waals surface area contributed by atoms with Crippen LogP contribution in [0, 0.1) is 0 Å². The van der Waals surface area contributed by atoms with Gasteiger partial charge in [-0.25, -0.2) is 14.3 Å². The van der Waals surface area contributed by atoms with E-state index in [2.05, 4.69) is 18.9 Å². The topological polar surface area (TPSA) is 73.7 Å². The molecule has 0 atom stereocenters. The van der Waals surface area contributed by atoms with E-state index in [1.165, 1.54) is 18.9 Å². The number of carbonyl (C=O) groups excluding carboxylic acids is 2. The molecule has 3 aromatic rings. The summed E-state index contributed by atoms with van der Waals surface area (Å²) in [7, 11) is 4.63. The van der Waals surface area contributed by atoms with Crippen molar-refractivity contribution >= 4 is 11.9 Å². The normalized spacial score (nSPS) is 10.9. The second-order valence-electron chi connectivity index (χ2n) is 7.55. The van der Waals surface area contributed by atoms with Crippen molar-refractivity contribution in [3.8, 4) is 16.9 Å². The van der Waals surface area contributed by atoms with Crippen molar-refractivity contribution in [2.75, 3.05) is 27.8 Å². The number of para-hydroxylation sites is 1. The van der Waals surface area contributed by atoms with Crippen molar-refractivity contribution in [1.29, 1.82) is 0 Å². The third-order valence-electron chi connectivity index (χ3n) is 5.26. The molecule has 0 saturated carbocycles. The molecule has 0 N–H and O–H groups in total. The number of ether oxygens (including phenoxy) is 2. The average Bonchev–Trinajstić information content (AvgIpc) is 3.23. The zero-order valence-corrected chi connectivity index (χ0v) is 19.0. The highest BCUT2D eigenvalue weighted by Crippen LogP contribution is 2.31. The van der Waals surface area contributed by atoms with Gasteiger partial charge in [0.05, 0.1) is 19.9 Å². The van der Waals surface area contributed by atoms with Crippen LogP contribution in [0.3, 0.4) is 0 Å². The van der Waals surface area contributed by atoms with Crippen LogP contribution in [0.2, 0.25) is 0 Å². The molecular weight excluding hydrogens is 406 g/mol. The van der Waals surface area contributed by atoms with Gasteiger partial charge in [-0.15, -0.1) is 0 Å². The van der Waals surface area contributed by atoms with Crippen molar-refractivity contribution in [2.45, 2.75) is 26.3 Å². The molecule has 7 heteroatoms. The lowest BCUT2D eigenvalue weighted by Crippen LogP contribution is -2.19. The van der Waals surface area contributed by atoms with Crippen molar-refractivity contribution in [3.05, 3.63) is 71.4 Å². The van der Waals surface area contributed by atoms with E-state index in [1.54, 1.807) is 0 Å². The Morgan fingerprint density at radius 2 is 1.62 bits per heavy atom. The van der Waals surface area contributed by atoms with Crippen LogP contribution in [0.4, 0.5) is 0 Å². The minimum atomic E-state index is -0.662. The number of esters is 2. The van der Waals surface area contributed by atoms with Gasteiger partial charge in [0.1, 0.15) is 11.3 Å². The molecule has 168 valence electrons. The fourth-order valence-corrected chi connectivity index (χ4v) is 3.63. The van der Waals surface area contributed by atoms with Gasteiger partial charge in [0.15, 0.2) is 5.69 Å². The minimum absolute atomic E-state index is 0.0368. The van der Waals surface area contributed by atoms with E-state index in [1.807, 2.05) is 54.6 Å². The second-order valence-corrected chi connectivity index (χ2v) is 7.55. The summed E-state index contributed by atoms with van der Waals surface area (Å²) in [5.41, 5.74) is 2.94. The van der Waals surface area contributed by atoms with Gasteiger partial charge in [0.2, 0.25) is 0 Å². The first kappa shape index (κ1) is 23.2. The van der Waals surface area contributed by atoms with Gasteiger partial charge in [-0.1, -0.05) is 55.8 Å². The summed E-state index contributed by atoms with van der Waals surface area (Å²) in [6.45, 7) is 3.80. The molecule has 0 aliphatic heterocycles. The smallest absolute Gasteiger partial charge is 0.357 e. The highest BCUT2D eigenvalue weighted by Gasteiger charge is 2.32. The van der Waals surface area contributed by atoms with Gasteiger partial charge in [-0.2, -0.15) is 5.10 Å². The standard InChI is InChI=1S/C25H29N3O4/c1-5-6-16-27(2)17-18-12-10-11-15-20(18)22-21(24(29)31-3)23(25(30)32-4)28(26-22)19-13-8-7-9-14-19/h7-15H,5-6,16-17H2,1-4H3. The number of nitrogens with zero attached hydrogens (tertiary/aromatic N) is 3. The molecular formula is C25H29N3O4. The minimum Gasteiger partial charge on any atom is -0.465 e. The number of methoxy groups -OCH3 is 2. The van der Waals surface area contributed by atoms with Gasteiger partial charge < -0.3 is 14.4 Å². The molecule has 0 saturated heterocycles. The van der Waals surface area contributed by atoms with Gasteiger partial charge in [-0.05, 0) is 37.7 Å². The zero-order chi connectivity index (χ0) is 23.1. The maximum absolute atomic E-state index is 12.9. The van der Waals surface area contributed by atoms with E-state index < -0.39 is 11.9 Å². The van der Waals surface area contributed by atoms with Crippen LogP contribution in [-0.4, -0.2) is 54.4 Å². The number of aromatic nitrogens is 2. The SMILES string of the molecule is CCCCN(C)Cc1ccccc1-c1nn(-c2ccccc2)c(C(=O)OC)c1C(=O)OC. The van der Waals surface area contributed by atoms with Crippen LogP contribution >= 0.6 is 0 Å². The van der Waals surface area contributed by atoms with E-state index in [4.69, 9.17) is 14.6 Å². The molecule has 2 aromatic carbocycles. The van der Waals surface area contributed by atoms with Crippen molar-refractivity contribution in [3.63, 3.8) is 0 Å². The van der Waals surface area contributed by atoms with Gasteiger partial charge in [0, 0.05) is 12.1 Å². The zero-order valence-electron chi connectivity index (χ0n) is 19.0. The van der Waals surface area contributed by atoms with E-state index in [0.29, 0.717) is 17.9 Å². The number of rotatable bonds is 9. The van der Waals surface area contributed by atoms with E-state index in [9.17, 15) is 9.59 Å². The predicted octanol–water partition coefficient (Wildman–Crippen LogP) is 4.34. The molecule has 0 spiro atoms. The van der Waals surface area contributed by atoms with Crippen LogP contribution in [-0.2, 0) is 16.0 Å². The Hall–Kier alpha value is -3.45. The predicted molar refractivity (Wildman–Crippen MR) is 123 cm³/mol. The van der Waals surface area contributed by atoms with Crippen LogP contribution < -0.4 is 0 Å². The molecule has 3 rings (SSSR count). The van der Waals surface area contributed by atoms with E-state index >= 15 is 0 Å². The number of carbonyl (C=O) groups is 2. The van der Waals surface area contributed by atoms with Crippen LogP contribution in [0.25, 0.3) is 16.9 Å². The number of unbranched alkanes of at least 4 members (excludes halogenated alkanes) is 1. The quantitative estimate of drug-likeness (QED) is 0.466. The van der Waals surface area contributed by atoms with Crippen molar-refractivity contribution in [1.82, 2.24) is 14.7 Å². The number of benzene rings is 2. The van der Waals surface area contributed by atoms with Crippen LogP contribution in [0.15, 0.2) is 54.6 Å². The summed E-state index contributed by atoms with van der Waals surface area (Å²) >= 11 is 0. The average molecular weight is 436 g/mol.